The summed E-state index contributed by atoms with van der Waals surface area (Å²) in [4.78, 5) is 15.5. The summed E-state index contributed by atoms with van der Waals surface area (Å²) in [5.41, 5.74) is 0.412. The molecule has 0 atom stereocenters. The second-order valence-electron chi connectivity index (χ2n) is 4.68. The first kappa shape index (κ1) is 15.7. The quantitative estimate of drug-likeness (QED) is 0.847. The largest absolute Gasteiger partial charge is 0.353 e. The normalized spacial score (nSPS) is 12.0. The van der Waals surface area contributed by atoms with Crippen LogP contribution >= 0.6 is 11.6 Å². The molecule has 0 saturated carbocycles. The van der Waals surface area contributed by atoms with Gasteiger partial charge in [-0.3, -0.25) is 9.20 Å². The summed E-state index contributed by atoms with van der Waals surface area (Å²) in [7, 11) is -3.95. The van der Waals surface area contributed by atoms with Crippen LogP contribution in [0.25, 0.3) is 5.65 Å². The van der Waals surface area contributed by atoms with Crippen molar-refractivity contribution in [3.63, 3.8) is 0 Å². The first-order valence-electron chi connectivity index (χ1n) is 6.23. The fourth-order valence-corrected chi connectivity index (χ4v) is 3.41. The minimum atomic E-state index is -3.95. The Labute approximate surface area is 127 Å². The number of nitrogens with one attached hydrogen (secondary N) is 2. The Morgan fingerprint density at radius 1 is 1.43 bits per heavy atom. The number of imidazole rings is 1. The molecule has 0 aliphatic rings. The molecule has 0 spiro atoms. The molecule has 114 valence electrons. The van der Waals surface area contributed by atoms with Crippen LogP contribution in [-0.2, 0) is 14.8 Å². The number of pyridine rings is 1. The predicted octanol–water partition coefficient (Wildman–Crippen LogP) is 0.791. The van der Waals surface area contributed by atoms with Gasteiger partial charge in [-0.25, -0.2) is 18.1 Å². The standard InChI is InChI=1S/C12H15ClN4O3S/c1-8(2)15-10(18)7-14-21(19,20)12-11(13)16-9-5-3-4-6-17(9)12/h3-6,8,14H,7H2,1-2H3,(H,15,18). The van der Waals surface area contributed by atoms with E-state index in [-0.39, 0.29) is 22.8 Å². The molecule has 0 aromatic carbocycles. The SMILES string of the molecule is CC(C)NC(=O)CNS(=O)(=O)c1c(Cl)nc2ccccn12. The van der Waals surface area contributed by atoms with Gasteiger partial charge in [-0.15, -0.1) is 0 Å². The molecule has 0 saturated heterocycles. The molecule has 2 heterocycles. The molecule has 2 N–H and O–H groups in total. The van der Waals surface area contributed by atoms with Gasteiger partial charge < -0.3 is 5.32 Å². The fraction of sp³-hybridized carbons (Fsp3) is 0.333. The summed E-state index contributed by atoms with van der Waals surface area (Å²) in [6, 6.07) is 4.95. The zero-order valence-electron chi connectivity index (χ0n) is 11.5. The molecule has 0 bridgehead atoms. The van der Waals surface area contributed by atoms with Gasteiger partial charge in [0.05, 0.1) is 6.54 Å². The number of amides is 1. The number of halogens is 1. The summed E-state index contributed by atoms with van der Waals surface area (Å²) >= 11 is 5.90. The minimum absolute atomic E-state index is 0.0682. The third kappa shape index (κ3) is 3.52. The highest BCUT2D eigenvalue weighted by Crippen LogP contribution is 2.22. The molecule has 2 rings (SSSR count). The second kappa shape index (κ2) is 6.00. The third-order valence-electron chi connectivity index (χ3n) is 2.57. The summed E-state index contributed by atoms with van der Waals surface area (Å²) < 4.78 is 28.1. The lowest BCUT2D eigenvalue weighted by atomic mass is 10.4. The first-order chi connectivity index (χ1) is 9.81. The first-order valence-corrected chi connectivity index (χ1v) is 8.09. The van der Waals surface area contributed by atoms with E-state index in [1.54, 1.807) is 32.0 Å². The number of hydrogen-bond donors (Lipinski definition) is 2. The number of aromatic nitrogens is 2. The van der Waals surface area contributed by atoms with Crippen LogP contribution in [0.4, 0.5) is 0 Å². The van der Waals surface area contributed by atoms with Gasteiger partial charge in [-0.05, 0) is 26.0 Å². The van der Waals surface area contributed by atoms with Gasteiger partial charge in [-0.2, -0.15) is 0 Å². The Kier molecular flexibility index (Phi) is 4.50. The van der Waals surface area contributed by atoms with Crippen LogP contribution in [0.2, 0.25) is 5.15 Å². The van der Waals surface area contributed by atoms with E-state index in [1.807, 2.05) is 0 Å². The number of fused-ring (bicyclic) bond motifs is 1. The Hall–Kier alpha value is -1.64. The van der Waals surface area contributed by atoms with E-state index in [4.69, 9.17) is 11.6 Å². The van der Waals surface area contributed by atoms with Crippen molar-refractivity contribution in [1.82, 2.24) is 19.4 Å². The topological polar surface area (TPSA) is 92.6 Å². The van der Waals surface area contributed by atoms with E-state index < -0.39 is 15.9 Å². The average Bonchev–Trinajstić information content (AvgIpc) is 2.72. The highest BCUT2D eigenvalue weighted by molar-refractivity contribution is 7.89. The Balaban J connectivity index is 2.26. The molecule has 2 aromatic heterocycles. The second-order valence-corrected chi connectivity index (χ2v) is 6.72. The van der Waals surface area contributed by atoms with Crippen molar-refractivity contribution >= 4 is 33.2 Å². The molecule has 2 aromatic rings. The van der Waals surface area contributed by atoms with Gasteiger partial charge in [0.25, 0.3) is 10.0 Å². The number of carbonyl (C=O) groups is 1. The van der Waals surface area contributed by atoms with E-state index in [0.717, 1.165) is 0 Å². The zero-order chi connectivity index (χ0) is 15.6. The van der Waals surface area contributed by atoms with Crippen molar-refractivity contribution in [2.75, 3.05) is 6.54 Å². The van der Waals surface area contributed by atoms with Crippen LogP contribution in [0, 0.1) is 0 Å². The van der Waals surface area contributed by atoms with Crippen molar-refractivity contribution in [2.24, 2.45) is 0 Å². The molecule has 7 nitrogen and oxygen atoms in total. The Morgan fingerprint density at radius 2 is 2.14 bits per heavy atom. The highest BCUT2D eigenvalue weighted by atomic mass is 35.5. The summed E-state index contributed by atoms with van der Waals surface area (Å²) in [6.45, 7) is 3.21. The van der Waals surface area contributed by atoms with Crippen molar-refractivity contribution in [2.45, 2.75) is 24.9 Å². The molecule has 0 unspecified atom stereocenters. The Morgan fingerprint density at radius 3 is 2.81 bits per heavy atom. The van der Waals surface area contributed by atoms with Crippen LogP contribution in [0.1, 0.15) is 13.8 Å². The molecule has 0 aliphatic heterocycles. The predicted molar refractivity (Wildman–Crippen MR) is 78.7 cm³/mol. The maximum absolute atomic E-state index is 12.3. The van der Waals surface area contributed by atoms with E-state index in [9.17, 15) is 13.2 Å². The maximum atomic E-state index is 12.3. The minimum Gasteiger partial charge on any atom is -0.353 e. The van der Waals surface area contributed by atoms with E-state index in [1.165, 1.54) is 10.6 Å². The van der Waals surface area contributed by atoms with Gasteiger partial charge in [0.15, 0.2) is 10.2 Å². The number of hydrogen-bond acceptors (Lipinski definition) is 4. The number of sulfonamides is 1. The van der Waals surface area contributed by atoms with Crippen LogP contribution in [0.3, 0.4) is 0 Å². The average molecular weight is 331 g/mol. The van der Waals surface area contributed by atoms with E-state index in [2.05, 4.69) is 15.0 Å². The lowest BCUT2D eigenvalue weighted by molar-refractivity contribution is -0.120. The smallest absolute Gasteiger partial charge is 0.260 e. The molecule has 0 aliphatic carbocycles. The molecule has 21 heavy (non-hydrogen) atoms. The lowest BCUT2D eigenvalue weighted by Gasteiger charge is -2.09. The van der Waals surface area contributed by atoms with Crippen LogP contribution in [0.15, 0.2) is 29.4 Å². The highest BCUT2D eigenvalue weighted by Gasteiger charge is 2.24. The van der Waals surface area contributed by atoms with Crippen molar-refractivity contribution < 1.29 is 13.2 Å². The van der Waals surface area contributed by atoms with E-state index in [0.29, 0.717) is 5.65 Å². The summed E-state index contributed by atoms with van der Waals surface area (Å²) in [6.07, 6.45) is 1.54. The van der Waals surface area contributed by atoms with Gasteiger partial charge in [0.2, 0.25) is 5.91 Å². The van der Waals surface area contributed by atoms with Crippen molar-refractivity contribution in [3.05, 3.63) is 29.5 Å². The van der Waals surface area contributed by atoms with Gasteiger partial charge in [0, 0.05) is 12.2 Å². The van der Waals surface area contributed by atoms with Crippen LogP contribution in [0.5, 0.6) is 0 Å². The molecule has 0 fully saturated rings. The third-order valence-corrected chi connectivity index (χ3v) is 4.37. The molecular weight excluding hydrogens is 316 g/mol. The molecule has 1 amide bonds. The lowest BCUT2D eigenvalue weighted by Crippen LogP contribution is -2.40. The fourth-order valence-electron chi connectivity index (χ4n) is 1.79. The monoisotopic (exact) mass is 330 g/mol. The molecule has 0 radical (unpaired) electrons. The van der Waals surface area contributed by atoms with Crippen molar-refractivity contribution in [3.8, 4) is 0 Å². The molecule has 9 heteroatoms. The zero-order valence-corrected chi connectivity index (χ0v) is 13.1. The number of rotatable bonds is 5. The van der Waals surface area contributed by atoms with E-state index >= 15 is 0 Å². The summed E-state index contributed by atoms with van der Waals surface area (Å²) in [5.74, 6) is -0.418. The van der Waals surface area contributed by atoms with Gasteiger partial charge in [-0.1, -0.05) is 17.7 Å². The summed E-state index contributed by atoms with van der Waals surface area (Å²) in [5, 5.41) is 2.27. The van der Waals surface area contributed by atoms with Crippen LogP contribution in [-0.4, -0.2) is 36.3 Å². The van der Waals surface area contributed by atoms with Crippen molar-refractivity contribution in [1.29, 1.82) is 0 Å². The maximum Gasteiger partial charge on any atom is 0.260 e. The number of nitrogens with zero attached hydrogens (tertiary/aromatic N) is 2. The number of carbonyl (C=O) groups excluding carboxylic acids is 1. The van der Waals surface area contributed by atoms with Gasteiger partial charge >= 0.3 is 0 Å². The van der Waals surface area contributed by atoms with Crippen LogP contribution < -0.4 is 10.0 Å². The molecular formula is C12H15ClN4O3S. The Bertz CT molecular complexity index is 770. The van der Waals surface area contributed by atoms with Gasteiger partial charge in [0.1, 0.15) is 5.65 Å².